The molecule has 90 valence electrons. The molecule has 0 aliphatic carbocycles. The van der Waals surface area contributed by atoms with Gasteiger partial charge in [-0.25, -0.2) is 4.39 Å². The van der Waals surface area contributed by atoms with E-state index in [9.17, 15) is 12.8 Å². The molecule has 1 aliphatic rings. The average Bonchev–Trinajstić information content (AvgIpc) is 2.49. The summed E-state index contributed by atoms with van der Waals surface area (Å²) in [5.41, 5.74) is 1.99. The minimum atomic E-state index is -3.67. The SMILES string of the molecule is CS(=O)(=O)O.Fc1cc2c(cc1Cl)NCC2. The van der Waals surface area contributed by atoms with Crippen LogP contribution in [0.25, 0.3) is 0 Å². The molecule has 0 fully saturated rings. The van der Waals surface area contributed by atoms with E-state index in [1.807, 2.05) is 0 Å². The van der Waals surface area contributed by atoms with Crippen LogP contribution in [0.15, 0.2) is 12.1 Å². The van der Waals surface area contributed by atoms with Gasteiger partial charge < -0.3 is 5.32 Å². The fraction of sp³-hybridized carbons (Fsp3) is 0.333. The van der Waals surface area contributed by atoms with E-state index in [1.165, 1.54) is 6.07 Å². The van der Waals surface area contributed by atoms with E-state index >= 15 is 0 Å². The summed E-state index contributed by atoms with van der Waals surface area (Å²) in [6.07, 6.45) is 1.61. The first-order valence-corrected chi connectivity index (χ1v) is 6.64. The van der Waals surface area contributed by atoms with Crippen molar-refractivity contribution in [2.75, 3.05) is 18.1 Å². The number of anilines is 1. The van der Waals surface area contributed by atoms with Gasteiger partial charge in [-0.2, -0.15) is 8.42 Å². The first-order chi connectivity index (χ1) is 7.27. The highest BCUT2D eigenvalue weighted by Gasteiger charge is 2.12. The molecule has 0 atom stereocenters. The highest BCUT2D eigenvalue weighted by molar-refractivity contribution is 7.85. The van der Waals surface area contributed by atoms with Crippen molar-refractivity contribution in [3.63, 3.8) is 0 Å². The molecule has 0 radical (unpaired) electrons. The molecule has 0 aromatic heterocycles. The van der Waals surface area contributed by atoms with Gasteiger partial charge in [0.15, 0.2) is 0 Å². The Morgan fingerprint density at radius 3 is 2.62 bits per heavy atom. The molecule has 0 saturated carbocycles. The smallest absolute Gasteiger partial charge is 0.261 e. The van der Waals surface area contributed by atoms with Crippen molar-refractivity contribution in [2.24, 2.45) is 0 Å². The Morgan fingerprint density at radius 2 is 2.06 bits per heavy atom. The van der Waals surface area contributed by atoms with E-state index in [0.717, 1.165) is 24.2 Å². The number of nitrogens with one attached hydrogen (secondary N) is 1. The van der Waals surface area contributed by atoms with Crippen molar-refractivity contribution in [1.82, 2.24) is 0 Å². The normalized spacial score (nSPS) is 13.5. The quantitative estimate of drug-likeness (QED) is 0.705. The van der Waals surface area contributed by atoms with Crippen LogP contribution >= 0.6 is 11.6 Å². The summed E-state index contributed by atoms with van der Waals surface area (Å²) in [5, 5.41) is 3.31. The van der Waals surface area contributed by atoms with Gasteiger partial charge in [-0.3, -0.25) is 4.55 Å². The lowest BCUT2D eigenvalue weighted by Crippen LogP contribution is -1.90. The zero-order valence-electron chi connectivity index (χ0n) is 8.50. The minimum Gasteiger partial charge on any atom is -0.384 e. The molecule has 0 bridgehead atoms. The molecular weight excluding hydrogens is 257 g/mol. The highest BCUT2D eigenvalue weighted by Crippen LogP contribution is 2.27. The van der Waals surface area contributed by atoms with Gasteiger partial charge >= 0.3 is 0 Å². The Kier molecular flexibility index (Phi) is 4.12. The Balaban J connectivity index is 0.000000221. The van der Waals surface area contributed by atoms with Gasteiger partial charge in [-0.05, 0) is 24.1 Å². The van der Waals surface area contributed by atoms with Crippen LogP contribution in [0, 0.1) is 5.82 Å². The fourth-order valence-electron chi connectivity index (χ4n) is 1.29. The monoisotopic (exact) mass is 267 g/mol. The predicted molar refractivity (Wildman–Crippen MR) is 61.1 cm³/mol. The van der Waals surface area contributed by atoms with Gasteiger partial charge in [-0.1, -0.05) is 11.6 Å². The van der Waals surface area contributed by atoms with Crippen molar-refractivity contribution in [3.8, 4) is 0 Å². The third-order valence-corrected chi connectivity index (χ3v) is 2.15. The van der Waals surface area contributed by atoms with Crippen LogP contribution in [-0.2, 0) is 16.5 Å². The molecule has 1 aromatic carbocycles. The third-order valence-electron chi connectivity index (χ3n) is 1.86. The maximum atomic E-state index is 12.8. The summed E-state index contributed by atoms with van der Waals surface area (Å²) in [7, 11) is -3.67. The number of rotatable bonds is 0. The highest BCUT2D eigenvalue weighted by atomic mass is 35.5. The lowest BCUT2D eigenvalue weighted by molar-refractivity contribution is 0.490. The van der Waals surface area contributed by atoms with Gasteiger partial charge in [0.05, 0.1) is 11.3 Å². The van der Waals surface area contributed by atoms with E-state index in [1.54, 1.807) is 6.07 Å². The van der Waals surface area contributed by atoms with Gasteiger partial charge in [0, 0.05) is 12.2 Å². The number of hydrogen-bond donors (Lipinski definition) is 2. The topological polar surface area (TPSA) is 66.4 Å². The second kappa shape index (κ2) is 4.99. The van der Waals surface area contributed by atoms with Crippen LogP contribution in [0.3, 0.4) is 0 Å². The summed E-state index contributed by atoms with van der Waals surface area (Å²) in [6.45, 7) is 0.884. The van der Waals surface area contributed by atoms with E-state index < -0.39 is 10.1 Å². The van der Waals surface area contributed by atoms with Crippen molar-refractivity contribution in [1.29, 1.82) is 0 Å². The molecule has 2 N–H and O–H groups in total. The Bertz CT molecular complexity index is 453. The predicted octanol–water partition coefficient (Wildman–Crippen LogP) is 1.95. The molecule has 1 aliphatic heterocycles. The number of fused-ring (bicyclic) bond motifs is 1. The first kappa shape index (κ1) is 13.2. The zero-order chi connectivity index (χ0) is 12.3. The number of halogens is 2. The Hall–Kier alpha value is -0.850. The second-order valence-electron chi connectivity index (χ2n) is 3.33. The van der Waals surface area contributed by atoms with E-state index in [2.05, 4.69) is 5.32 Å². The molecule has 0 spiro atoms. The van der Waals surface area contributed by atoms with Crippen molar-refractivity contribution in [3.05, 3.63) is 28.5 Å². The van der Waals surface area contributed by atoms with Gasteiger partial charge in [-0.15, -0.1) is 0 Å². The van der Waals surface area contributed by atoms with Crippen LogP contribution in [0.1, 0.15) is 5.56 Å². The molecule has 16 heavy (non-hydrogen) atoms. The maximum Gasteiger partial charge on any atom is 0.261 e. The summed E-state index contributed by atoms with van der Waals surface area (Å²) < 4.78 is 38.7. The fourth-order valence-corrected chi connectivity index (χ4v) is 1.45. The molecular formula is C9H11ClFNO3S. The summed E-state index contributed by atoms with van der Waals surface area (Å²) in [4.78, 5) is 0. The molecule has 2 rings (SSSR count). The molecule has 0 amide bonds. The lowest BCUT2D eigenvalue weighted by atomic mass is 10.2. The van der Waals surface area contributed by atoms with Crippen LogP contribution in [0.5, 0.6) is 0 Å². The molecule has 7 heteroatoms. The number of hydrogen-bond acceptors (Lipinski definition) is 3. The Labute approximate surface area is 98.2 Å². The standard InChI is InChI=1S/C8H7ClFN.CH4O3S/c9-6-4-8-5(1-2-11-8)3-7(6)10;1-5(2,3)4/h3-4,11H,1-2H2;1H3,(H,2,3,4). The van der Waals surface area contributed by atoms with Crippen molar-refractivity contribution in [2.45, 2.75) is 6.42 Å². The largest absolute Gasteiger partial charge is 0.384 e. The Morgan fingerprint density at radius 1 is 1.50 bits per heavy atom. The van der Waals surface area contributed by atoms with E-state index in [0.29, 0.717) is 6.26 Å². The maximum absolute atomic E-state index is 12.8. The van der Waals surface area contributed by atoms with Crippen LogP contribution in [-0.4, -0.2) is 25.8 Å². The minimum absolute atomic E-state index is 0.193. The summed E-state index contributed by atoms with van der Waals surface area (Å²) in [5.74, 6) is -0.325. The molecule has 1 aromatic rings. The molecule has 0 unspecified atom stereocenters. The van der Waals surface area contributed by atoms with Crippen LogP contribution in [0.2, 0.25) is 5.02 Å². The van der Waals surface area contributed by atoms with Crippen molar-refractivity contribution < 1.29 is 17.4 Å². The molecule has 4 nitrogen and oxygen atoms in total. The van der Waals surface area contributed by atoms with Gasteiger partial charge in [0.1, 0.15) is 5.82 Å². The molecule has 1 heterocycles. The van der Waals surface area contributed by atoms with Crippen molar-refractivity contribution >= 4 is 27.4 Å². The molecule has 0 saturated heterocycles. The third kappa shape index (κ3) is 4.34. The number of benzene rings is 1. The average molecular weight is 268 g/mol. The summed E-state index contributed by atoms with van der Waals surface area (Å²) in [6, 6.07) is 3.14. The van der Waals surface area contributed by atoms with Gasteiger partial charge in [0.25, 0.3) is 10.1 Å². The van der Waals surface area contributed by atoms with Crippen LogP contribution < -0.4 is 5.32 Å². The second-order valence-corrected chi connectivity index (χ2v) is 5.21. The van der Waals surface area contributed by atoms with E-state index in [-0.39, 0.29) is 10.8 Å². The zero-order valence-corrected chi connectivity index (χ0v) is 10.1. The van der Waals surface area contributed by atoms with E-state index in [4.69, 9.17) is 16.2 Å². The summed E-state index contributed by atoms with van der Waals surface area (Å²) >= 11 is 5.58. The lowest BCUT2D eigenvalue weighted by Gasteiger charge is -2.00. The van der Waals surface area contributed by atoms with Crippen LogP contribution in [0.4, 0.5) is 10.1 Å². The first-order valence-electron chi connectivity index (χ1n) is 4.41. The van der Waals surface area contributed by atoms with Gasteiger partial charge in [0.2, 0.25) is 0 Å².